The van der Waals surface area contributed by atoms with Gasteiger partial charge in [-0.15, -0.1) is 24.8 Å². The van der Waals surface area contributed by atoms with Gasteiger partial charge in [-0.1, -0.05) is 19.8 Å². The molecular formula is C15H30Cl2N2O3. The molecule has 1 fully saturated rings. The van der Waals surface area contributed by atoms with Gasteiger partial charge in [0.15, 0.2) is 0 Å². The molecule has 0 bridgehead atoms. The number of unbranched alkanes of at least 4 members (excludes halogenated alkanes) is 1. The lowest BCUT2D eigenvalue weighted by Gasteiger charge is -2.27. The molecule has 132 valence electrons. The molecule has 22 heavy (non-hydrogen) atoms. The molecule has 1 aliphatic heterocycles. The van der Waals surface area contributed by atoms with Gasteiger partial charge in [0, 0.05) is 14.1 Å². The van der Waals surface area contributed by atoms with Crippen molar-refractivity contribution >= 4 is 36.7 Å². The third-order valence-electron chi connectivity index (χ3n) is 4.11. The summed E-state index contributed by atoms with van der Waals surface area (Å²) in [5.74, 6) is -0.832. The Bertz CT molecular complexity index is 341. The van der Waals surface area contributed by atoms with Crippen LogP contribution >= 0.6 is 24.8 Å². The van der Waals surface area contributed by atoms with E-state index in [9.17, 15) is 14.7 Å². The number of likely N-dealkylation sites (N-methyl/N-ethyl adjacent to an activating group) is 1. The summed E-state index contributed by atoms with van der Waals surface area (Å²) in [6.45, 7) is 3.69. The van der Waals surface area contributed by atoms with Gasteiger partial charge in [0.25, 0.3) is 0 Å². The number of rotatable bonds is 8. The van der Waals surface area contributed by atoms with Crippen LogP contribution < -0.4 is 0 Å². The van der Waals surface area contributed by atoms with Gasteiger partial charge in [-0.2, -0.15) is 0 Å². The molecule has 1 saturated heterocycles. The first-order valence-electron chi connectivity index (χ1n) is 7.65. The summed E-state index contributed by atoms with van der Waals surface area (Å²) in [4.78, 5) is 27.1. The third kappa shape index (κ3) is 7.16. The minimum Gasteiger partial charge on any atom is -0.481 e. The first-order chi connectivity index (χ1) is 9.47. The molecule has 2 atom stereocenters. The summed E-state index contributed by atoms with van der Waals surface area (Å²) in [7, 11) is 3.56. The van der Waals surface area contributed by atoms with Crippen LogP contribution in [0.5, 0.6) is 0 Å². The van der Waals surface area contributed by atoms with Crippen LogP contribution in [-0.2, 0) is 9.59 Å². The SMILES string of the molecule is CCCCC(CCN1CCC[C@H]1C(=O)N(C)C)C(=O)O.Cl.Cl. The molecule has 0 aromatic carbocycles. The lowest BCUT2D eigenvalue weighted by atomic mass is 9.98. The number of carboxylic acids is 1. The van der Waals surface area contributed by atoms with E-state index in [1.54, 1.807) is 19.0 Å². The number of aliphatic carboxylic acids is 1. The number of carbonyl (C=O) groups is 2. The van der Waals surface area contributed by atoms with Crippen molar-refractivity contribution in [1.82, 2.24) is 9.80 Å². The van der Waals surface area contributed by atoms with Crippen LogP contribution in [0.1, 0.15) is 45.4 Å². The Morgan fingerprint density at radius 3 is 2.41 bits per heavy atom. The molecule has 0 saturated carbocycles. The Labute approximate surface area is 146 Å². The topological polar surface area (TPSA) is 60.9 Å². The van der Waals surface area contributed by atoms with Crippen LogP contribution in [0, 0.1) is 5.92 Å². The minimum atomic E-state index is -0.701. The Kier molecular flexibility index (Phi) is 12.9. The summed E-state index contributed by atoms with van der Waals surface area (Å²) in [5.41, 5.74) is 0. The lowest BCUT2D eigenvalue weighted by molar-refractivity contribution is -0.142. The zero-order chi connectivity index (χ0) is 15.1. The van der Waals surface area contributed by atoms with Crippen molar-refractivity contribution in [2.24, 2.45) is 5.92 Å². The van der Waals surface area contributed by atoms with E-state index in [1.165, 1.54) is 0 Å². The van der Waals surface area contributed by atoms with E-state index in [1.807, 2.05) is 0 Å². The zero-order valence-corrected chi connectivity index (χ0v) is 15.4. The van der Waals surface area contributed by atoms with Crippen molar-refractivity contribution in [3.05, 3.63) is 0 Å². The number of hydrogen-bond acceptors (Lipinski definition) is 3. The normalized spacial score (nSPS) is 19.0. The van der Waals surface area contributed by atoms with Crippen molar-refractivity contribution in [1.29, 1.82) is 0 Å². The van der Waals surface area contributed by atoms with E-state index < -0.39 is 5.97 Å². The summed E-state index contributed by atoms with van der Waals surface area (Å²) in [6, 6.07) is -0.0504. The number of amides is 1. The molecule has 1 amide bonds. The Morgan fingerprint density at radius 2 is 1.91 bits per heavy atom. The Hall–Kier alpha value is -0.520. The van der Waals surface area contributed by atoms with Gasteiger partial charge in [0.2, 0.25) is 5.91 Å². The molecule has 0 radical (unpaired) electrons. The first kappa shape index (κ1) is 23.7. The van der Waals surface area contributed by atoms with Gasteiger partial charge >= 0.3 is 5.97 Å². The highest BCUT2D eigenvalue weighted by Crippen LogP contribution is 2.21. The molecular weight excluding hydrogens is 327 g/mol. The molecule has 5 nitrogen and oxygen atoms in total. The number of hydrogen-bond donors (Lipinski definition) is 1. The standard InChI is InChI=1S/C15H28N2O3.2ClH/c1-4-5-7-12(15(19)20)9-11-17-10-6-8-13(17)14(18)16(2)3;;/h12-13H,4-11H2,1-3H3,(H,19,20);2*1H/t12?,13-;;/m0../s1. The van der Waals surface area contributed by atoms with Crippen molar-refractivity contribution < 1.29 is 14.7 Å². The second kappa shape index (κ2) is 12.0. The van der Waals surface area contributed by atoms with Crippen LogP contribution in [0.3, 0.4) is 0 Å². The summed E-state index contributed by atoms with van der Waals surface area (Å²) in [6.07, 6.45) is 5.28. The molecule has 1 unspecified atom stereocenters. The smallest absolute Gasteiger partial charge is 0.306 e. The van der Waals surface area contributed by atoms with Gasteiger partial charge in [-0.25, -0.2) is 0 Å². The zero-order valence-electron chi connectivity index (χ0n) is 13.8. The molecule has 1 N–H and O–H groups in total. The van der Waals surface area contributed by atoms with Crippen LogP contribution in [0.4, 0.5) is 0 Å². The maximum Gasteiger partial charge on any atom is 0.306 e. The predicted molar refractivity (Wildman–Crippen MR) is 93.1 cm³/mol. The average molecular weight is 357 g/mol. The minimum absolute atomic E-state index is 0. The summed E-state index contributed by atoms with van der Waals surface area (Å²) < 4.78 is 0. The van der Waals surface area contributed by atoms with Crippen molar-refractivity contribution in [3.63, 3.8) is 0 Å². The van der Waals surface area contributed by atoms with Gasteiger partial charge in [0.1, 0.15) is 0 Å². The van der Waals surface area contributed by atoms with Gasteiger partial charge in [0.05, 0.1) is 12.0 Å². The van der Waals surface area contributed by atoms with E-state index in [4.69, 9.17) is 0 Å². The number of nitrogens with zero attached hydrogens (tertiary/aromatic N) is 2. The largest absolute Gasteiger partial charge is 0.481 e. The fourth-order valence-corrected chi connectivity index (χ4v) is 2.83. The molecule has 7 heteroatoms. The number of likely N-dealkylation sites (tertiary alicyclic amines) is 1. The van der Waals surface area contributed by atoms with E-state index in [2.05, 4.69) is 11.8 Å². The monoisotopic (exact) mass is 356 g/mol. The van der Waals surface area contributed by atoms with E-state index in [-0.39, 0.29) is 42.7 Å². The van der Waals surface area contributed by atoms with Crippen molar-refractivity contribution in [2.75, 3.05) is 27.2 Å². The first-order valence-corrected chi connectivity index (χ1v) is 7.65. The van der Waals surface area contributed by atoms with Gasteiger partial charge in [-0.05, 0) is 38.8 Å². The molecule has 0 aliphatic carbocycles. The quantitative estimate of drug-likeness (QED) is 0.726. The number of carbonyl (C=O) groups excluding carboxylic acids is 1. The van der Waals surface area contributed by atoms with Crippen molar-refractivity contribution in [3.8, 4) is 0 Å². The summed E-state index contributed by atoms with van der Waals surface area (Å²) in [5, 5.41) is 9.24. The second-order valence-corrected chi connectivity index (χ2v) is 5.89. The second-order valence-electron chi connectivity index (χ2n) is 5.89. The molecule has 1 aliphatic rings. The lowest BCUT2D eigenvalue weighted by Crippen LogP contribution is -2.43. The van der Waals surface area contributed by atoms with Gasteiger partial charge in [-0.3, -0.25) is 14.5 Å². The predicted octanol–water partition coefficient (Wildman–Crippen LogP) is 2.66. The van der Waals surface area contributed by atoms with E-state index in [0.717, 1.165) is 38.6 Å². The average Bonchev–Trinajstić information content (AvgIpc) is 2.85. The highest BCUT2D eigenvalue weighted by molar-refractivity contribution is 5.85. The van der Waals surface area contributed by atoms with E-state index >= 15 is 0 Å². The number of halogens is 2. The fraction of sp³-hybridized carbons (Fsp3) is 0.867. The van der Waals surface area contributed by atoms with Crippen molar-refractivity contribution in [2.45, 2.75) is 51.5 Å². The highest BCUT2D eigenvalue weighted by atomic mass is 35.5. The molecule has 0 aromatic heterocycles. The molecule has 1 rings (SSSR count). The van der Waals surface area contributed by atoms with E-state index in [0.29, 0.717) is 13.0 Å². The Balaban J connectivity index is 0. The summed E-state index contributed by atoms with van der Waals surface area (Å²) >= 11 is 0. The number of carboxylic acid groups (broad SMARTS) is 1. The van der Waals surface area contributed by atoms with Crippen LogP contribution in [0.15, 0.2) is 0 Å². The Morgan fingerprint density at radius 1 is 1.27 bits per heavy atom. The maximum atomic E-state index is 12.1. The fourth-order valence-electron chi connectivity index (χ4n) is 2.83. The van der Waals surface area contributed by atoms with Crippen LogP contribution in [-0.4, -0.2) is 60.0 Å². The van der Waals surface area contributed by atoms with Crippen LogP contribution in [0.25, 0.3) is 0 Å². The maximum absolute atomic E-state index is 12.1. The van der Waals surface area contributed by atoms with Crippen LogP contribution in [0.2, 0.25) is 0 Å². The van der Waals surface area contributed by atoms with Gasteiger partial charge < -0.3 is 10.0 Å². The molecule has 0 spiro atoms. The molecule has 0 aromatic rings. The highest BCUT2D eigenvalue weighted by Gasteiger charge is 2.32. The molecule has 1 heterocycles. The third-order valence-corrected chi connectivity index (χ3v) is 4.11.